The van der Waals surface area contributed by atoms with Gasteiger partial charge in [0.2, 0.25) is 5.91 Å². The Balaban J connectivity index is 2.10. The van der Waals surface area contributed by atoms with Crippen LogP contribution in [0.3, 0.4) is 0 Å². The van der Waals surface area contributed by atoms with Gasteiger partial charge in [0.25, 0.3) is 0 Å². The van der Waals surface area contributed by atoms with Crippen LogP contribution in [0.1, 0.15) is 31.9 Å². The number of carbonyl (C=O) groups is 1. The van der Waals surface area contributed by atoms with E-state index in [1.165, 1.54) is 16.8 Å². The van der Waals surface area contributed by atoms with Gasteiger partial charge in [-0.05, 0) is 24.5 Å². The summed E-state index contributed by atoms with van der Waals surface area (Å²) in [5, 5.41) is 0. The molecule has 110 valence electrons. The average molecular weight is 274 g/mol. The van der Waals surface area contributed by atoms with Crippen LogP contribution in [-0.4, -0.2) is 37.0 Å². The zero-order valence-corrected chi connectivity index (χ0v) is 13.1. The number of amides is 1. The summed E-state index contributed by atoms with van der Waals surface area (Å²) in [4.78, 5) is 16.5. The predicted octanol–water partition coefficient (Wildman–Crippen LogP) is 2.86. The molecule has 20 heavy (non-hydrogen) atoms. The molecule has 1 amide bonds. The highest BCUT2D eigenvalue weighted by Crippen LogP contribution is 2.26. The minimum absolute atomic E-state index is 0.103. The number of benzene rings is 1. The van der Waals surface area contributed by atoms with Gasteiger partial charge >= 0.3 is 0 Å². The summed E-state index contributed by atoms with van der Waals surface area (Å²) in [6, 6.07) is 6.53. The monoisotopic (exact) mass is 274 g/mol. The molecule has 0 spiro atoms. The van der Waals surface area contributed by atoms with Crippen molar-refractivity contribution < 1.29 is 4.79 Å². The number of carbonyl (C=O) groups excluding carboxylic acids is 1. The van der Waals surface area contributed by atoms with E-state index < -0.39 is 0 Å². The Labute approximate surface area is 122 Å². The molecule has 1 aliphatic rings. The molecule has 1 aromatic rings. The van der Waals surface area contributed by atoms with Gasteiger partial charge in [-0.15, -0.1) is 0 Å². The molecule has 1 heterocycles. The highest BCUT2D eigenvalue weighted by atomic mass is 16.2. The van der Waals surface area contributed by atoms with Crippen molar-refractivity contribution in [1.82, 2.24) is 4.90 Å². The van der Waals surface area contributed by atoms with Crippen molar-refractivity contribution in [2.24, 2.45) is 5.92 Å². The normalized spacial score (nSPS) is 15.8. The first-order chi connectivity index (χ1) is 9.54. The van der Waals surface area contributed by atoms with E-state index in [1.54, 1.807) is 0 Å². The molecule has 3 nitrogen and oxygen atoms in total. The van der Waals surface area contributed by atoms with Crippen LogP contribution in [0.5, 0.6) is 0 Å². The lowest BCUT2D eigenvalue weighted by Crippen LogP contribution is -2.50. The minimum atomic E-state index is 0.103. The van der Waals surface area contributed by atoms with Gasteiger partial charge in [0, 0.05) is 37.8 Å². The molecular formula is C17H26N2O. The Hall–Kier alpha value is -1.51. The number of anilines is 1. The first-order valence-corrected chi connectivity index (χ1v) is 7.66. The summed E-state index contributed by atoms with van der Waals surface area (Å²) < 4.78 is 0. The second-order valence-corrected chi connectivity index (χ2v) is 5.90. The standard InChI is InChI=1S/C17H26N2O/c1-5-15-8-6-7-14(4)16(15)18-9-11-19(12-10-18)17(20)13(2)3/h6-8,13H,5,9-12H2,1-4H3. The maximum Gasteiger partial charge on any atom is 0.225 e. The molecule has 0 bridgehead atoms. The lowest BCUT2D eigenvalue weighted by molar-refractivity contribution is -0.134. The number of para-hydroxylation sites is 1. The fourth-order valence-electron chi connectivity index (χ4n) is 2.97. The van der Waals surface area contributed by atoms with E-state index in [1.807, 2.05) is 18.7 Å². The van der Waals surface area contributed by atoms with Crippen molar-refractivity contribution in [3.05, 3.63) is 29.3 Å². The molecule has 0 saturated carbocycles. The number of aryl methyl sites for hydroxylation is 2. The molecule has 1 aliphatic heterocycles. The number of hydrogen-bond acceptors (Lipinski definition) is 2. The summed E-state index contributed by atoms with van der Waals surface area (Å²) in [7, 11) is 0. The Morgan fingerprint density at radius 3 is 2.40 bits per heavy atom. The van der Waals surface area contributed by atoms with Crippen LogP contribution in [-0.2, 0) is 11.2 Å². The Kier molecular flexibility index (Phi) is 4.69. The van der Waals surface area contributed by atoms with Crippen molar-refractivity contribution >= 4 is 11.6 Å². The SMILES string of the molecule is CCc1cccc(C)c1N1CCN(C(=O)C(C)C)CC1. The first-order valence-electron chi connectivity index (χ1n) is 7.66. The Morgan fingerprint density at radius 2 is 1.85 bits per heavy atom. The van der Waals surface area contributed by atoms with Gasteiger partial charge in [-0.3, -0.25) is 4.79 Å². The molecular weight excluding hydrogens is 248 g/mol. The Bertz CT molecular complexity index is 474. The van der Waals surface area contributed by atoms with Gasteiger partial charge in [0.15, 0.2) is 0 Å². The molecule has 0 radical (unpaired) electrons. The van der Waals surface area contributed by atoms with E-state index in [-0.39, 0.29) is 11.8 Å². The highest BCUT2D eigenvalue weighted by molar-refractivity contribution is 5.78. The zero-order valence-electron chi connectivity index (χ0n) is 13.1. The van der Waals surface area contributed by atoms with E-state index in [9.17, 15) is 4.79 Å². The van der Waals surface area contributed by atoms with Gasteiger partial charge < -0.3 is 9.80 Å². The second kappa shape index (κ2) is 6.29. The first kappa shape index (κ1) is 14.9. The predicted molar refractivity (Wildman–Crippen MR) is 84.2 cm³/mol. The van der Waals surface area contributed by atoms with Crippen LogP contribution in [0, 0.1) is 12.8 Å². The Morgan fingerprint density at radius 1 is 1.20 bits per heavy atom. The number of rotatable bonds is 3. The topological polar surface area (TPSA) is 23.6 Å². The van der Waals surface area contributed by atoms with Crippen LogP contribution < -0.4 is 4.90 Å². The summed E-state index contributed by atoms with van der Waals surface area (Å²) >= 11 is 0. The van der Waals surface area contributed by atoms with Crippen LogP contribution in [0.15, 0.2) is 18.2 Å². The van der Waals surface area contributed by atoms with Crippen molar-refractivity contribution in [3.8, 4) is 0 Å². The molecule has 0 N–H and O–H groups in total. The largest absolute Gasteiger partial charge is 0.368 e. The second-order valence-electron chi connectivity index (χ2n) is 5.90. The lowest BCUT2D eigenvalue weighted by atomic mass is 10.0. The van der Waals surface area contributed by atoms with Crippen molar-refractivity contribution in [2.75, 3.05) is 31.1 Å². The van der Waals surface area contributed by atoms with Crippen molar-refractivity contribution in [2.45, 2.75) is 34.1 Å². The van der Waals surface area contributed by atoms with E-state index >= 15 is 0 Å². The molecule has 3 heteroatoms. The summed E-state index contributed by atoms with van der Waals surface area (Å²) in [6.07, 6.45) is 1.06. The van der Waals surface area contributed by atoms with Gasteiger partial charge in [0.05, 0.1) is 0 Å². The summed E-state index contributed by atoms with van der Waals surface area (Å²) in [5.74, 6) is 0.386. The fraction of sp³-hybridized carbons (Fsp3) is 0.588. The van der Waals surface area contributed by atoms with Crippen LogP contribution in [0.25, 0.3) is 0 Å². The minimum Gasteiger partial charge on any atom is -0.368 e. The molecule has 1 fully saturated rings. The number of piperazine rings is 1. The summed E-state index contributed by atoms with van der Waals surface area (Å²) in [5.41, 5.74) is 4.13. The van der Waals surface area contributed by atoms with E-state index in [0.29, 0.717) is 0 Å². The molecule has 0 atom stereocenters. The molecule has 0 aliphatic carbocycles. The van der Waals surface area contributed by atoms with Crippen LogP contribution in [0.4, 0.5) is 5.69 Å². The smallest absolute Gasteiger partial charge is 0.225 e. The van der Waals surface area contributed by atoms with E-state index in [2.05, 4.69) is 36.9 Å². The number of hydrogen-bond donors (Lipinski definition) is 0. The van der Waals surface area contributed by atoms with Crippen molar-refractivity contribution in [3.63, 3.8) is 0 Å². The van der Waals surface area contributed by atoms with Crippen LogP contribution >= 0.6 is 0 Å². The van der Waals surface area contributed by atoms with Gasteiger partial charge in [-0.2, -0.15) is 0 Å². The van der Waals surface area contributed by atoms with E-state index in [0.717, 1.165) is 32.6 Å². The quantitative estimate of drug-likeness (QED) is 0.846. The molecule has 1 aromatic carbocycles. The molecule has 0 unspecified atom stereocenters. The van der Waals surface area contributed by atoms with Crippen LogP contribution in [0.2, 0.25) is 0 Å². The molecule has 2 rings (SSSR count). The average Bonchev–Trinajstić information content (AvgIpc) is 2.46. The zero-order chi connectivity index (χ0) is 14.7. The fourth-order valence-corrected chi connectivity index (χ4v) is 2.97. The summed E-state index contributed by atoms with van der Waals surface area (Å²) in [6.45, 7) is 11.9. The van der Waals surface area contributed by atoms with E-state index in [4.69, 9.17) is 0 Å². The third-order valence-corrected chi connectivity index (χ3v) is 4.10. The maximum absolute atomic E-state index is 12.0. The van der Waals surface area contributed by atoms with Crippen molar-refractivity contribution in [1.29, 1.82) is 0 Å². The molecule has 1 saturated heterocycles. The third-order valence-electron chi connectivity index (χ3n) is 4.10. The third kappa shape index (κ3) is 2.97. The van der Waals surface area contributed by atoms with Gasteiger partial charge in [-0.25, -0.2) is 0 Å². The van der Waals surface area contributed by atoms with Gasteiger partial charge in [-0.1, -0.05) is 39.0 Å². The number of nitrogens with zero attached hydrogens (tertiary/aromatic N) is 2. The highest BCUT2D eigenvalue weighted by Gasteiger charge is 2.24. The maximum atomic E-state index is 12.0. The molecule has 0 aromatic heterocycles. The van der Waals surface area contributed by atoms with Gasteiger partial charge in [0.1, 0.15) is 0 Å². The lowest BCUT2D eigenvalue weighted by Gasteiger charge is -2.38.